The number of imidazole rings is 1. The minimum Gasteiger partial charge on any atom is -0.457 e. The Morgan fingerprint density at radius 3 is 2.43 bits per heavy atom. The first kappa shape index (κ1) is 22.7. The first-order valence-electron chi connectivity index (χ1n) is 11.1. The summed E-state index contributed by atoms with van der Waals surface area (Å²) in [5, 5.41) is 0. The number of nitrogens with zero attached hydrogens (tertiary/aromatic N) is 2. The lowest BCUT2D eigenvalue weighted by atomic mass is 10.0. The molecule has 0 aliphatic heterocycles. The zero-order chi connectivity index (χ0) is 24.4. The molecule has 0 aliphatic rings. The van der Waals surface area contributed by atoms with Gasteiger partial charge >= 0.3 is 0 Å². The zero-order valence-corrected chi connectivity index (χ0v) is 19.7. The van der Waals surface area contributed by atoms with Gasteiger partial charge in [0, 0.05) is 24.2 Å². The monoisotopic (exact) mass is 487 g/mol. The van der Waals surface area contributed by atoms with Crippen LogP contribution in [0.3, 0.4) is 0 Å². The Morgan fingerprint density at radius 1 is 0.971 bits per heavy atom. The van der Waals surface area contributed by atoms with Crippen LogP contribution in [0.1, 0.15) is 18.1 Å². The predicted molar refractivity (Wildman–Crippen MR) is 133 cm³/mol. The summed E-state index contributed by atoms with van der Waals surface area (Å²) in [5.74, 6) is 1.45. The Bertz CT molecular complexity index is 1580. The molecule has 0 amide bonds. The van der Waals surface area contributed by atoms with Crippen LogP contribution in [0.4, 0.5) is 4.39 Å². The molecule has 0 unspecified atom stereocenters. The molecule has 176 valence electrons. The summed E-state index contributed by atoms with van der Waals surface area (Å²) in [6.07, 6.45) is 2.21. The van der Waals surface area contributed by atoms with Crippen LogP contribution in [0.15, 0.2) is 90.0 Å². The molecule has 2 heterocycles. The number of hydrogen-bond donors (Lipinski definition) is 1. The van der Waals surface area contributed by atoms with Crippen molar-refractivity contribution in [1.82, 2.24) is 15.0 Å². The molecule has 35 heavy (non-hydrogen) atoms. The molecule has 0 spiro atoms. The maximum absolute atomic E-state index is 13.4. The normalized spacial score (nSPS) is 11.6. The molecule has 0 atom stereocenters. The molecule has 6 nitrogen and oxygen atoms in total. The summed E-state index contributed by atoms with van der Waals surface area (Å²) >= 11 is 0. The number of pyridine rings is 1. The third kappa shape index (κ3) is 4.93. The van der Waals surface area contributed by atoms with E-state index in [-0.39, 0.29) is 16.5 Å². The summed E-state index contributed by atoms with van der Waals surface area (Å²) < 4.78 is 43.9. The van der Waals surface area contributed by atoms with Gasteiger partial charge in [-0.2, -0.15) is 0 Å². The van der Waals surface area contributed by atoms with Crippen LogP contribution in [-0.4, -0.2) is 29.1 Å². The molecule has 2 aromatic heterocycles. The van der Waals surface area contributed by atoms with Gasteiger partial charge in [0.2, 0.25) is 0 Å². The van der Waals surface area contributed by atoms with Gasteiger partial charge in [0.05, 0.1) is 21.7 Å². The van der Waals surface area contributed by atoms with Crippen molar-refractivity contribution in [1.29, 1.82) is 0 Å². The average Bonchev–Trinajstić information content (AvgIpc) is 3.29. The van der Waals surface area contributed by atoms with Crippen molar-refractivity contribution in [2.24, 2.45) is 0 Å². The highest BCUT2D eigenvalue weighted by atomic mass is 32.2. The van der Waals surface area contributed by atoms with Gasteiger partial charge in [-0.25, -0.2) is 17.8 Å². The van der Waals surface area contributed by atoms with E-state index in [2.05, 4.69) is 15.0 Å². The van der Waals surface area contributed by atoms with Crippen LogP contribution in [0.5, 0.6) is 11.5 Å². The summed E-state index contributed by atoms with van der Waals surface area (Å²) in [4.78, 5) is 12.6. The third-order valence-corrected chi connectivity index (χ3v) is 7.42. The van der Waals surface area contributed by atoms with Gasteiger partial charge in [-0.05, 0) is 60.2 Å². The highest BCUT2D eigenvalue weighted by molar-refractivity contribution is 7.91. The summed E-state index contributed by atoms with van der Waals surface area (Å²) in [6.45, 7) is 1.61. The largest absolute Gasteiger partial charge is 0.457 e. The molecule has 0 saturated carbocycles. The van der Waals surface area contributed by atoms with E-state index in [0.717, 1.165) is 22.3 Å². The molecule has 5 aromatic rings. The van der Waals surface area contributed by atoms with Crippen molar-refractivity contribution in [3.05, 3.63) is 102 Å². The Morgan fingerprint density at radius 2 is 1.74 bits per heavy atom. The van der Waals surface area contributed by atoms with Crippen LogP contribution in [0.25, 0.3) is 22.6 Å². The number of aromatic amines is 1. The number of rotatable bonds is 7. The SMILES string of the molecule is CCS(=O)(=O)c1ccc(Oc2cc3nc(-c4ccccn4)[nH]c3cc2Cc2ccc(F)cc2)cc1. The molecule has 0 fully saturated rings. The van der Waals surface area contributed by atoms with Crippen LogP contribution in [0, 0.1) is 5.82 Å². The highest BCUT2D eigenvalue weighted by Crippen LogP contribution is 2.32. The maximum Gasteiger partial charge on any atom is 0.178 e. The number of fused-ring (bicyclic) bond motifs is 1. The van der Waals surface area contributed by atoms with Crippen LogP contribution in [0.2, 0.25) is 0 Å². The fraction of sp³-hybridized carbons (Fsp3) is 0.111. The van der Waals surface area contributed by atoms with Crippen molar-refractivity contribution >= 4 is 20.9 Å². The molecule has 0 aliphatic carbocycles. The number of hydrogen-bond acceptors (Lipinski definition) is 5. The smallest absolute Gasteiger partial charge is 0.178 e. The lowest BCUT2D eigenvalue weighted by Gasteiger charge is -2.12. The molecule has 0 saturated heterocycles. The number of H-pyrrole nitrogens is 1. The second kappa shape index (κ2) is 9.31. The van der Waals surface area contributed by atoms with Gasteiger partial charge in [-0.3, -0.25) is 4.98 Å². The van der Waals surface area contributed by atoms with E-state index in [0.29, 0.717) is 29.3 Å². The van der Waals surface area contributed by atoms with Gasteiger partial charge in [0.1, 0.15) is 23.0 Å². The van der Waals surface area contributed by atoms with Gasteiger partial charge in [-0.15, -0.1) is 0 Å². The molecule has 3 aromatic carbocycles. The van der Waals surface area contributed by atoms with Crippen molar-refractivity contribution in [2.45, 2.75) is 18.2 Å². The Labute approximate surface area is 202 Å². The number of benzene rings is 3. The minimum atomic E-state index is -3.30. The lowest BCUT2D eigenvalue weighted by molar-refractivity contribution is 0.477. The first-order valence-corrected chi connectivity index (χ1v) is 12.8. The number of sulfone groups is 1. The maximum atomic E-state index is 13.4. The van der Waals surface area contributed by atoms with Crippen molar-refractivity contribution in [3.8, 4) is 23.0 Å². The van der Waals surface area contributed by atoms with Crippen LogP contribution >= 0.6 is 0 Å². The Kier molecular flexibility index (Phi) is 6.05. The van der Waals surface area contributed by atoms with E-state index in [1.807, 2.05) is 30.3 Å². The van der Waals surface area contributed by atoms with Gasteiger partial charge in [0.25, 0.3) is 0 Å². The average molecular weight is 488 g/mol. The van der Waals surface area contributed by atoms with Crippen LogP contribution < -0.4 is 4.74 Å². The Hall–Kier alpha value is -4.04. The number of ether oxygens (including phenoxy) is 1. The standard InChI is InChI=1S/C27H22FN3O3S/c1-2-35(32,33)22-12-10-21(11-13-22)34-26-17-25-24(30-27(31-25)23-5-3-4-14-29-23)16-19(26)15-18-6-8-20(28)9-7-18/h3-14,16-17H,2,15H2,1H3,(H,30,31). The summed E-state index contributed by atoms with van der Waals surface area (Å²) in [5.41, 5.74) is 4.03. The molecular weight excluding hydrogens is 465 g/mol. The highest BCUT2D eigenvalue weighted by Gasteiger charge is 2.15. The molecule has 8 heteroatoms. The fourth-order valence-corrected chi connectivity index (χ4v) is 4.65. The summed E-state index contributed by atoms with van der Waals surface area (Å²) in [7, 11) is -3.30. The second-order valence-electron chi connectivity index (χ2n) is 8.06. The first-order chi connectivity index (χ1) is 16.9. The minimum absolute atomic E-state index is 0.0312. The van der Waals surface area contributed by atoms with E-state index in [9.17, 15) is 12.8 Å². The lowest BCUT2D eigenvalue weighted by Crippen LogP contribution is -2.03. The van der Waals surface area contributed by atoms with E-state index < -0.39 is 9.84 Å². The molecular formula is C27H22FN3O3S. The molecule has 0 bridgehead atoms. The van der Waals surface area contributed by atoms with E-state index in [1.165, 1.54) is 12.1 Å². The third-order valence-electron chi connectivity index (χ3n) is 5.67. The Balaban J connectivity index is 1.54. The second-order valence-corrected chi connectivity index (χ2v) is 10.3. The van der Waals surface area contributed by atoms with Crippen molar-refractivity contribution < 1.29 is 17.5 Å². The number of halogens is 1. The summed E-state index contributed by atoms with van der Waals surface area (Å²) in [6, 6.07) is 22.1. The quantitative estimate of drug-likeness (QED) is 0.307. The van der Waals surface area contributed by atoms with Crippen molar-refractivity contribution in [3.63, 3.8) is 0 Å². The zero-order valence-electron chi connectivity index (χ0n) is 18.9. The number of aromatic nitrogens is 3. The van der Waals surface area contributed by atoms with E-state index in [1.54, 1.807) is 49.5 Å². The van der Waals surface area contributed by atoms with E-state index in [4.69, 9.17) is 4.74 Å². The number of nitrogens with one attached hydrogen (secondary N) is 1. The molecule has 5 rings (SSSR count). The molecule has 1 N–H and O–H groups in total. The van der Waals surface area contributed by atoms with Gasteiger partial charge in [0.15, 0.2) is 15.7 Å². The van der Waals surface area contributed by atoms with Gasteiger partial charge < -0.3 is 9.72 Å². The predicted octanol–water partition coefficient (Wildman–Crippen LogP) is 5.94. The fourth-order valence-electron chi connectivity index (χ4n) is 3.77. The molecule has 0 radical (unpaired) electrons. The van der Waals surface area contributed by atoms with Crippen LogP contribution in [-0.2, 0) is 16.3 Å². The topological polar surface area (TPSA) is 84.9 Å². The van der Waals surface area contributed by atoms with E-state index >= 15 is 0 Å². The van der Waals surface area contributed by atoms with Gasteiger partial charge in [-0.1, -0.05) is 25.1 Å². The van der Waals surface area contributed by atoms with Crippen molar-refractivity contribution in [2.75, 3.05) is 5.75 Å².